The molecule has 0 aliphatic rings. The van der Waals surface area contributed by atoms with Crippen molar-refractivity contribution in [1.82, 2.24) is 9.78 Å². The average molecular weight is 240 g/mol. The lowest BCUT2D eigenvalue weighted by Gasteiger charge is -2.01. The van der Waals surface area contributed by atoms with Crippen LogP contribution in [0.3, 0.4) is 0 Å². The fraction of sp³-hybridized carbons (Fsp3) is 0.182. The van der Waals surface area contributed by atoms with Gasteiger partial charge >= 0.3 is 0 Å². The molecule has 16 heavy (non-hydrogen) atoms. The summed E-state index contributed by atoms with van der Waals surface area (Å²) in [5.41, 5.74) is 8.02. The van der Waals surface area contributed by atoms with Crippen molar-refractivity contribution in [2.75, 3.05) is 5.73 Å². The first kappa shape index (κ1) is 11.0. The minimum absolute atomic E-state index is 0.334. The molecule has 0 amide bonds. The van der Waals surface area contributed by atoms with E-state index < -0.39 is 0 Å². The van der Waals surface area contributed by atoms with Crippen LogP contribution in [0.4, 0.5) is 10.2 Å². The zero-order chi connectivity index (χ0) is 11.9. The molecule has 0 bridgehead atoms. The van der Waals surface area contributed by atoms with Gasteiger partial charge in [0, 0.05) is 18.2 Å². The number of nitrogens with zero attached hydrogens (tertiary/aromatic N) is 2. The highest BCUT2D eigenvalue weighted by Crippen LogP contribution is 2.31. The molecule has 1 aromatic carbocycles. The van der Waals surface area contributed by atoms with Gasteiger partial charge in [-0.3, -0.25) is 4.68 Å². The first-order valence-electron chi connectivity index (χ1n) is 4.75. The SMILES string of the molecule is Cc1c(-c2ccc(F)cc2Cl)nn(C)c1N. The lowest BCUT2D eigenvalue weighted by molar-refractivity contribution is 0.628. The molecule has 0 radical (unpaired) electrons. The molecule has 2 N–H and O–H groups in total. The maximum Gasteiger partial charge on any atom is 0.124 e. The van der Waals surface area contributed by atoms with Crippen molar-refractivity contribution in [1.29, 1.82) is 0 Å². The summed E-state index contributed by atoms with van der Waals surface area (Å²) in [5.74, 6) is 0.214. The lowest BCUT2D eigenvalue weighted by Crippen LogP contribution is -1.97. The van der Waals surface area contributed by atoms with Crippen LogP contribution in [0.25, 0.3) is 11.3 Å². The van der Waals surface area contributed by atoms with Crippen molar-refractivity contribution >= 4 is 17.4 Å². The molecule has 5 heteroatoms. The number of hydrogen-bond acceptors (Lipinski definition) is 2. The standard InChI is InChI=1S/C11H11ClFN3/c1-6-10(15-16(2)11(6)14)8-4-3-7(13)5-9(8)12/h3-5H,14H2,1-2H3. The van der Waals surface area contributed by atoms with Crippen LogP contribution in [0.15, 0.2) is 18.2 Å². The molecule has 0 fully saturated rings. The molecule has 0 saturated heterocycles. The molecule has 2 aromatic rings. The topological polar surface area (TPSA) is 43.8 Å². The summed E-state index contributed by atoms with van der Waals surface area (Å²) in [7, 11) is 1.75. The van der Waals surface area contributed by atoms with E-state index in [4.69, 9.17) is 17.3 Å². The summed E-state index contributed by atoms with van der Waals surface area (Å²) in [4.78, 5) is 0. The van der Waals surface area contributed by atoms with Gasteiger partial charge in [-0.05, 0) is 25.1 Å². The second-order valence-electron chi connectivity index (χ2n) is 3.61. The number of rotatable bonds is 1. The largest absolute Gasteiger partial charge is 0.384 e. The summed E-state index contributed by atoms with van der Waals surface area (Å²) < 4.78 is 14.5. The Morgan fingerprint density at radius 2 is 2.12 bits per heavy atom. The fourth-order valence-corrected chi connectivity index (χ4v) is 1.84. The van der Waals surface area contributed by atoms with E-state index in [2.05, 4.69) is 5.10 Å². The third-order valence-electron chi connectivity index (χ3n) is 2.52. The third kappa shape index (κ3) is 1.65. The van der Waals surface area contributed by atoms with Crippen LogP contribution in [0.2, 0.25) is 5.02 Å². The van der Waals surface area contributed by atoms with E-state index in [-0.39, 0.29) is 5.82 Å². The first-order valence-corrected chi connectivity index (χ1v) is 5.13. The molecule has 0 aliphatic heterocycles. The highest BCUT2D eigenvalue weighted by atomic mass is 35.5. The van der Waals surface area contributed by atoms with Crippen molar-refractivity contribution < 1.29 is 4.39 Å². The maximum absolute atomic E-state index is 12.9. The van der Waals surface area contributed by atoms with Gasteiger partial charge in [0.15, 0.2) is 0 Å². The Bertz CT molecular complexity index is 548. The fourth-order valence-electron chi connectivity index (χ4n) is 1.58. The van der Waals surface area contributed by atoms with Crippen LogP contribution >= 0.6 is 11.6 Å². The lowest BCUT2D eigenvalue weighted by atomic mass is 10.1. The quantitative estimate of drug-likeness (QED) is 0.832. The zero-order valence-electron chi connectivity index (χ0n) is 8.96. The smallest absolute Gasteiger partial charge is 0.124 e. The number of benzene rings is 1. The average Bonchev–Trinajstić information content (AvgIpc) is 2.46. The molecule has 0 unspecified atom stereocenters. The van der Waals surface area contributed by atoms with Gasteiger partial charge in [0.05, 0.1) is 10.7 Å². The monoisotopic (exact) mass is 239 g/mol. The van der Waals surface area contributed by atoms with Gasteiger partial charge in [0.25, 0.3) is 0 Å². The molecule has 84 valence electrons. The Hall–Kier alpha value is -1.55. The Morgan fingerprint density at radius 1 is 1.44 bits per heavy atom. The molecule has 2 rings (SSSR count). The number of hydrogen-bond donors (Lipinski definition) is 1. The van der Waals surface area contributed by atoms with Crippen LogP contribution in [0.5, 0.6) is 0 Å². The second-order valence-corrected chi connectivity index (χ2v) is 4.01. The van der Waals surface area contributed by atoms with E-state index in [9.17, 15) is 4.39 Å². The van der Waals surface area contributed by atoms with Crippen molar-refractivity contribution in [3.8, 4) is 11.3 Å². The van der Waals surface area contributed by atoms with Crippen molar-refractivity contribution in [3.05, 3.63) is 34.6 Å². The number of nitrogen functional groups attached to an aromatic ring is 1. The van der Waals surface area contributed by atoms with Crippen molar-refractivity contribution in [3.63, 3.8) is 0 Å². The predicted octanol–water partition coefficient (Wildman–Crippen LogP) is 2.77. The number of aromatic nitrogens is 2. The van der Waals surface area contributed by atoms with E-state index in [0.717, 1.165) is 5.56 Å². The number of halogens is 2. The molecular weight excluding hydrogens is 229 g/mol. The number of nitrogens with two attached hydrogens (primary N) is 1. The van der Waals surface area contributed by atoms with Gasteiger partial charge in [-0.1, -0.05) is 11.6 Å². The minimum atomic E-state index is -0.365. The Labute approximate surface area is 97.6 Å². The van der Waals surface area contributed by atoms with Crippen molar-refractivity contribution in [2.45, 2.75) is 6.92 Å². The molecule has 0 aliphatic carbocycles. The Kier molecular flexibility index (Phi) is 2.59. The highest BCUT2D eigenvalue weighted by molar-refractivity contribution is 6.33. The molecule has 0 atom stereocenters. The maximum atomic E-state index is 12.9. The van der Waals surface area contributed by atoms with Crippen LogP contribution in [-0.2, 0) is 7.05 Å². The molecule has 1 heterocycles. The van der Waals surface area contributed by atoms with E-state index in [0.29, 0.717) is 22.1 Å². The van der Waals surface area contributed by atoms with E-state index in [1.165, 1.54) is 12.1 Å². The Balaban J connectivity index is 2.63. The Morgan fingerprint density at radius 3 is 2.62 bits per heavy atom. The van der Waals surface area contributed by atoms with Crippen molar-refractivity contribution in [2.24, 2.45) is 7.05 Å². The van der Waals surface area contributed by atoms with Gasteiger partial charge in [-0.15, -0.1) is 0 Å². The normalized spacial score (nSPS) is 10.8. The number of aryl methyl sites for hydroxylation is 1. The van der Waals surface area contributed by atoms with Crippen LogP contribution in [0, 0.1) is 12.7 Å². The van der Waals surface area contributed by atoms with Crippen LogP contribution in [-0.4, -0.2) is 9.78 Å². The third-order valence-corrected chi connectivity index (χ3v) is 2.84. The number of anilines is 1. The van der Waals surface area contributed by atoms with E-state index >= 15 is 0 Å². The van der Waals surface area contributed by atoms with Crippen LogP contribution in [0.1, 0.15) is 5.56 Å². The summed E-state index contributed by atoms with van der Waals surface area (Å²) in [5, 5.41) is 4.59. The molecule has 1 aromatic heterocycles. The second kappa shape index (κ2) is 3.79. The first-order chi connectivity index (χ1) is 7.50. The molecule has 0 spiro atoms. The van der Waals surface area contributed by atoms with Gasteiger partial charge in [-0.25, -0.2) is 4.39 Å². The zero-order valence-corrected chi connectivity index (χ0v) is 9.72. The predicted molar refractivity (Wildman–Crippen MR) is 62.8 cm³/mol. The summed E-state index contributed by atoms with van der Waals surface area (Å²) >= 11 is 5.97. The van der Waals surface area contributed by atoms with E-state index in [1.54, 1.807) is 17.8 Å². The molecular formula is C11H11ClFN3. The van der Waals surface area contributed by atoms with Gasteiger partial charge < -0.3 is 5.73 Å². The summed E-state index contributed by atoms with van der Waals surface area (Å²) in [6.07, 6.45) is 0. The summed E-state index contributed by atoms with van der Waals surface area (Å²) in [6, 6.07) is 4.22. The molecule has 0 saturated carbocycles. The van der Waals surface area contributed by atoms with Gasteiger partial charge in [0.2, 0.25) is 0 Å². The molecule has 3 nitrogen and oxygen atoms in total. The van der Waals surface area contributed by atoms with Crippen LogP contribution < -0.4 is 5.73 Å². The summed E-state index contributed by atoms with van der Waals surface area (Å²) in [6.45, 7) is 1.86. The van der Waals surface area contributed by atoms with Gasteiger partial charge in [0.1, 0.15) is 11.6 Å². The minimum Gasteiger partial charge on any atom is -0.384 e. The highest BCUT2D eigenvalue weighted by Gasteiger charge is 2.14. The van der Waals surface area contributed by atoms with Gasteiger partial charge in [-0.2, -0.15) is 5.10 Å². The van der Waals surface area contributed by atoms with E-state index in [1.807, 2.05) is 6.92 Å².